The van der Waals surface area contributed by atoms with E-state index in [1.807, 2.05) is 53.4 Å². The molecule has 0 aliphatic heterocycles. The Balaban J connectivity index is 1.66. The summed E-state index contributed by atoms with van der Waals surface area (Å²) in [6, 6.07) is 11.4. The molecular weight excluding hydrogens is 332 g/mol. The third-order valence-electron chi connectivity index (χ3n) is 4.05. The van der Waals surface area contributed by atoms with Crippen LogP contribution >= 0.6 is 0 Å². The first-order chi connectivity index (χ1) is 12.8. The molecule has 0 spiro atoms. The molecule has 3 aromatic heterocycles. The molecule has 0 saturated carbocycles. The average Bonchev–Trinajstić information content (AvgIpc) is 3.28. The van der Waals surface area contributed by atoms with E-state index in [1.165, 1.54) is 6.21 Å². The van der Waals surface area contributed by atoms with Crippen molar-refractivity contribution in [2.75, 3.05) is 7.11 Å². The Morgan fingerprint density at radius 1 is 1.23 bits per heavy atom. The molecule has 0 bridgehead atoms. The van der Waals surface area contributed by atoms with Crippen LogP contribution in [-0.2, 0) is 6.54 Å². The lowest BCUT2D eigenvalue weighted by molar-refractivity contribution is 0.322. The van der Waals surface area contributed by atoms with Gasteiger partial charge in [-0.2, -0.15) is 0 Å². The smallest absolute Gasteiger partial charge is 0.140 e. The first kappa shape index (κ1) is 15.8. The van der Waals surface area contributed by atoms with E-state index >= 15 is 0 Å². The predicted molar refractivity (Wildman–Crippen MR) is 96.1 cm³/mol. The molecule has 0 amide bonds. The second kappa shape index (κ2) is 6.67. The fourth-order valence-corrected chi connectivity index (χ4v) is 2.86. The van der Waals surface area contributed by atoms with Gasteiger partial charge in [0, 0.05) is 29.4 Å². The van der Waals surface area contributed by atoms with Crippen LogP contribution < -0.4 is 4.74 Å². The molecule has 4 rings (SSSR count). The summed E-state index contributed by atoms with van der Waals surface area (Å²) in [6.07, 6.45) is 6.87. The van der Waals surface area contributed by atoms with E-state index in [-0.39, 0.29) is 0 Å². The van der Waals surface area contributed by atoms with E-state index in [2.05, 4.69) is 20.5 Å². The van der Waals surface area contributed by atoms with Gasteiger partial charge in [0.1, 0.15) is 17.1 Å². The van der Waals surface area contributed by atoms with Gasteiger partial charge in [-0.25, -0.2) is 9.67 Å². The van der Waals surface area contributed by atoms with Crippen molar-refractivity contribution in [2.24, 2.45) is 5.16 Å². The van der Waals surface area contributed by atoms with Gasteiger partial charge >= 0.3 is 0 Å². The number of aromatic nitrogens is 5. The summed E-state index contributed by atoms with van der Waals surface area (Å²) in [5, 5.41) is 21.3. The number of fused-ring (bicyclic) bond motifs is 1. The number of benzene rings is 1. The number of methoxy groups -OCH3 is 1. The molecule has 8 nitrogen and oxygen atoms in total. The fraction of sp³-hybridized carbons (Fsp3) is 0.111. The number of oxime groups is 1. The van der Waals surface area contributed by atoms with Crippen LogP contribution in [0.4, 0.5) is 0 Å². The summed E-state index contributed by atoms with van der Waals surface area (Å²) < 4.78 is 8.90. The van der Waals surface area contributed by atoms with E-state index in [4.69, 9.17) is 9.94 Å². The quantitative estimate of drug-likeness (QED) is 0.340. The van der Waals surface area contributed by atoms with Gasteiger partial charge in [0.15, 0.2) is 0 Å². The normalized spacial score (nSPS) is 11.4. The summed E-state index contributed by atoms with van der Waals surface area (Å²) in [7, 11) is 1.63. The molecule has 1 N–H and O–H groups in total. The van der Waals surface area contributed by atoms with Crippen LogP contribution in [0.3, 0.4) is 0 Å². The van der Waals surface area contributed by atoms with Crippen LogP contribution in [0.1, 0.15) is 11.3 Å². The number of hydrogen-bond acceptors (Lipinski definition) is 6. The lowest BCUT2D eigenvalue weighted by Crippen LogP contribution is -1.99. The van der Waals surface area contributed by atoms with Gasteiger partial charge in [0.2, 0.25) is 0 Å². The standard InChI is InChI=1S/C18H16N6O2/c1-26-16-5-2-4-15(8-16)24-12-14(21-22-24)11-23-10-13(9-20-25)17-6-3-7-19-18(17)23/h2-10,12,25H,11H2,1H3/b20-9+. The third-order valence-corrected chi connectivity index (χ3v) is 4.05. The van der Waals surface area contributed by atoms with Crippen molar-refractivity contribution < 1.29 is 9.94 Å². The Hall–Kier alpha value is -3.68. The SMILES string of the molecule is COc1cccc(-n2cc(Cn3cc(/C=N/O)c4cccnc43)nn2)c1. The molecule has 8 heteroatoms. The van der Waals surface area contributed by atoms with Gasteiger partial charge in [-0.1, -0.05) is 16.4 Å². The van der Waals surface area contributed by atoms with Gasteiger partial charge in [0.05, 0.1) is 31.8 Å². The maximum Gasteiger partial charge on any atom is 0.140 e. The van der Waals surface area contributed by atoms with E-state index in [0.717, 1.165) is 33.7 Å². The van der Waals surface area contributed by atoms with Gasteiger partial charge in [0.25, 0.3) is 0 Å². The summed E-state index contributed by atoms with van der Waals surface area (Å²) in [5.74, 6) is 0.757. The summed E-state index contributed by atoms with van der Waals surface area (Å²) >= 11 is 0. The van der Waals surface area contributed by atoms with Crippen molar-refractivity contribution in [3.8, 4) is 11.4 Å². The fourth-order valence-electron chi connectivity index (χ4n) is 2.86. The van der Waals surface area contributed by atoms with E-state index in [9.17, 15) is 0 Å². The highest BCUT2D eigenvalue weighted by atomic mass is 16.5. The Kier molecular flexibility index (Phi) is 4.06. The highest BCUT2D eigenvalue weighted by Crippen LogP contribution is 2.20. The van der Waals surface area contributed by atoms with Gasteiger partial charge in [-0.3, -0.25) is 0 Å². The van der Waals surface area contributed by atoms with Crippen molar-refractivity contribution >= 4 is 17.2 Å². The minimum atomic E-state index is 0.497. The minimum Gasteiger partial charge on any atom is -0.497 e. The van der Waals surface area contributed by atoms with Crippen molar-refractivity contribution in [3.63, 3.8) is 0 Å². The molecule has 0 aliphatic carbocycles. The predicted octanol–water partition coefficient (Wildman–Crippen LogP) is 2.48. The Morgan fingerprint density at radius 2 is 2.15 bits per heavy atom. The van der Waals surface area contributed by atoms with Gasteiger partial charge in [-0.05, 0) is 24.3 Å². The van der Waals surface area contributed by atoms with Crippen molar-refractivity contribution in [1.82, 2.24) is 24.5 Å². The van der Waals surface area contributed by atoms with Crippen LogP contribution in [-0.4, -0.2) is 43.1 Å². The van der Waals surface area contributed by atoms with Crippen LogP contribution in [0.15, 0.2) is 60.1 Å². The average molecular weight is 348 g/mol. The zero-order valence-electron chi connectivity index (χ0n) is 14.0. The summed E-state index contributed by atoms with van der Waals surface area (Å²) in [5.41, 5.74) is 3.23. The number of nitrogens with zero attached hydrogens (tertiary/aromatic N) is 6. The second-order valence-electron chi connectivity index (χ2n) is 5.69. The monoisotopic (exact) mass is 348 g/mol. The Labute approximate surface area is 149 Å². The zero-order valence-corrected chi connectivity index (χ0v) is 14.0. The van der Waals surface area contributed by atoms with Crippen LogP contribution in [0.5, 0.6) is 5.75 Å². The maximum atomic E-state index is 8.85. The molecule has 4 aromatic rings. The van der Waals surface area contributed by atoms with Gasteiger partial charge in [-0.15, -0.1) is 5.10 Å². The van der Waals surface area contributed by atoms with Crippen LogP contribution in [0, 0.1) is 0 Å². The maximum absolute atomic E-state index is 8.85. The number of ether oxygens (including phenoxy) is 1. The molecule has 3 heterocycles. The molecular formula is C18H16N6O2. The summed E-state index contributed by atoms with van der Waals surface area (Å²) in [6.45, 7) is 0.497. The first-order valence-electron chi connectivity index (χ1n) is 7.95. The van der Waals surface area contributed by atoms with E-state index < -0.39 is 0 Å². The van der Waals surface area contributed by atoms with Crippen LogP contribution in [0.2, 0.25) is 0 Å². The third kappa shape index (κ3) is 2.88. The molecule has 0 unspecified atom stereocenters. The van der Waals surface area contributed by atoms with E-state index in [1.54, 1.807) is 18.0 Å². The highest BCUT2D eigenvalue weighted by molar-refractivity contribution is 5.97. The topological polar surface area (TPSA) is 90.3 Å². The molecule has 130 valence electrons. The minimum absolute atomic E-state index is 0.497. The van der Waals surface area contributed by atoms with Gasteiger partial charge < -0.3 is 14.5 Å². The van der Waals surface area contributed by atoms with Crippen LogP contribution in [0.25, 0.3) is 16.7 Å². The molecule has 0 aliphatic rings. The second-order valence-corrected chi connectivity index (χ2v) is 5.69. The molecule has 0 atom stereocenters. The first-order valence-corrected chi connectivity index (χ1v) is 7.95. The molecule has 0 radical (unpaired) electrons. The van der Waals surface area contributed by atoms with E-state index in [0.29, 0.717) is 6.54 Å². The van der Waals surface area contributed by atoms with Crippen molar-refractivity contribution in [2.45, 2.75) is 6.54 Å². The number of rotatable bonds is 5. The highest BCUT2D eigenvalue weighted by Gasteiger charge is 2.11. The molecule has 0 fully saturated rings. The Bertz CT molecular complexity index is 1080. The van der Waals surface area contributed by atoms with Crippen molar-refractivity contribution in [3.05, 3.63) is 66.2 Å². The largest absolute Gasteiger partial charge is 0.497 e. The molecule has 1 aromatic carbocycles. The lowest BCUT2D eigenvalue weighted by atomic mass is 10.2. The lowest BCUT2D eigenvalue weighted by Gasteiger charge is -2.03. The van der Waals surface area contributed by atoms with Crippen molar-refractivity contribution in [1.29, 1.82) is 0 Å². The number of pyridine rings is 1. The molecule has 0 saturated heterocycles. The summed E-state index contributed by atoms with van der Waals surface area (Å²) in [4.78, 5) is 4.42. The molecule has 26 heavy (non-hydrogen) atoms. The Morgan fingerprint density at radius 3 is 3.00 bits per heavy atom. The zero-order chi connectivity index (χ0) is 17.9. The number of hydrogen-bond donors (Lipinski definition) is 1.